The molecule has 1 rings (SSSR count). The summed E-state index contributed by atoms with van der Waals surface area (Å²) in [6, 6.07) is 0.298. The van der Waals surface area contributed by atoms with E-state index in [1.807, 2.05) is 13.8 Å². The number of carbonyl (C=O) groups is 1. The van der Waals surface area contributed by atoms with Crippen molar-refractivity contribution in [3.63, 3.8) is 0 Å². The Hall–Kier alpha value is -1.10. The van der Waals surface area contributed by atoms with E-state index in [0.717, 1.165) is 18.7 Å². The van der Waals surface area contributed by atoms with Gasteiger partial charge >= 0.3 is 5.97 Å². The molecule has 2 N–H and O–H groups in total. The number of likely N-dealkylation sites (tertiary alicyclic amines) is 1. The minimum atomic E-state index is -0.152. The lowest BCUT2D eigenvalue weighted by Gasteiger charge is -2.33. The van der Waals surface area contributed by atoms with Crippen molar-refractivity contribution in [1.29, 1.82) is 0 Å². The van der Waals surface area contributed by atoms with E-state index in [9.17, 15) is 4.79 Å². The molecule has 0 aliphatic carbocycles. The first kappa shape index (κ1) is 13.0. The molecule has 0 amide bonds. The fourth-order valence-corrected chi connectivity index (χ4v) is 2.15. The summed E-state index contributed by atoms with van der Waals surface area (Å²) in [4.78, 5) is 12.6. The number of nitrogens with zero attached hydrogens (tertiary/aromatic N) is 1. The lowest BCUT2D eigenvalue weighted by molar-refractivity contribution is -0.920. The van der Waals surface area contributed by atoms with Crippen molar-refractivity contribution in [2.75, 3.05) is 19.7 Å². The summed E-state index contributed by atoms with van der Waals surface area (Å²) >= 11 is 0. The highest BCUT2D eigenvalue weighted by Crippen LogP contribution is 2.07. The molecule has 1 fully saturated rings. The molecule has 16 heavy (non-hydrogen) atoms. The van der Waals surface area contributed by atoms with E-state index >= 15 is 0 Å². The summed E-state index contributed by atoms with van der Waals surface area (Å²) in [5.41, 5.74) is 0.833. The zero-order valence-electron chi connectivity index (χ0n) is 10.2. The van der Waals surface area contributed by atoms with Gasteiger partial charge in [-0.15, -0.1) is 0 Å². The molecule has 1 heterocycles. The predicted octanol–water partition coefficient (Wildman–Crippen LogP) is -0.307. The number of rotatable bonds is 3. The Kier molecular flexibility index (Phi) is 4.73. The number of hydrogen-bond acceptors (Lipinski definition) is 4. The van der Waals surface area contributed by atoms with Crippen molar-refractivity contribution in [1.82, 2.24) is 0 Å². The van der Waals surface area contributed by atoms with Gasteiger partial charge in [0, 0.05) is 12.3 Å². The van der Waals surface area contributed by atoms with Crippen LogP contribution in [0.25, 0.3) is 0 Å². The molecule has 0 aromatic heterocycles. The Balaban J connectivity index is 2.53. The van der Waals surface area contributed by atoms with Crippen LogP contribution in [-0.4, -0.2) is 42.6 Å². The van der Waals surface area contributed by atoms with E-state index < -0.39 is 0 Å². The quantitative estimate of drug-likeness (QED) is 0.396. The first-order valence-corrected chi connectivity index (χ1v) is 5.79. The highest BCUT2D eigenvalue weighted by atomic mass is 16.5. The van der Waals surface area contributed by atoms with Gasteiger partial charge in [0.1, 0.15) is 0 Å². The number of carbonyl (C=O) groups excluding carboxylic acids is 1. The fraction of sp³-hybridized carbons (Fsp3) is 0.818. The predicted molar refractivity (Wildman–Crippen MR) is 59.8 cm³/mol. The maximum atomic E-state index is 11.4. The van der Waals surface area contributed by atoms with Gasteiger partial charge in [-0.1, -0.05) is 12.1 Å². The molecule has 5 heteroatoms. The molecule has 0 radical (unpaired) electrons. The largest absolute Gasteiger partial charge is 0.462 e. The average molecular weight is 229 g/mol. The summed E-state index contributed by atoms with van der Waals surface area (Å²) in [5, 5.41) is 12.1. The Morgan fingerprint density at radius 1 is 1.62 bits per heavy atom. The monoisotopic (exact) mass is 229 g/mol. The fourth-order valence-electron chi connectivity index (χ4n) is 2.15. The third-order valence-corrected chi connectivity index (χ3v) is 3.15. The molecule has 0 bridgehead atoms. The van der Waals surface area contributed by atoms with Crippen LogP contribution in [0.15, 0.2) is 5.16 Å². The average Bonchev–Trinajstić information content (AvgIpc) is 2.23. The van der Waals surface area contributed by atoms with Gasteiger partial charge in [0.2, 0.25) is 0 Å². The molecule has 0 saturated carbocycles. The third-order valence-electron chi connectivity index (χ3n) is 3.15. The maximum Gasteiger partial charge on any atom is 0.361 e. The van der Waals surface area contributed by atoms with E-state index in [1.165, 1.54) is 4.90 Å². The van der Waals surface area contributed by atoms with E-state index in [2.05, 4.69) is 12.1 Å². The first-order valence-electron chi connectivity index (χ1n) is 5.79. The number of nitrogens with one attached hydrogen (secondary N) is 1. The van der Waals surface area contributed by atoms with Crippen molar-refractivity contribution in [2.24, 2.45) is 11.1 Å². The van der Waals surface area contributed by atoms with Gasteiger partial charge in [0.15, 0.2) is 6.54 Å². The first-order chi connectivity index (χ1) is 7.58. The summed E-state index contributed by atoms with van der Waals surface area (Å²) in [5.74, 6) is 0.0755. The normalized spacial score (nSPS) is 32.7. The van der Waals surface area contributed by atoms with Crippen molar-refractivity contribution < 1.29 is 19.6 Å². The van der Waals surface area contributed by atoms with Crippen molar-refractivity contribution >= 4 is 11.7 Å². The summed E-state index contributed by atoms with van der Waals surface area (Å²) in [6.07, 6.45) is 0.742. The molecule has 0 spiro atoms. The van der Waals surface area contributed by atoms with Gasteiger partial charge in [-0.25, -0.2) is 4.79 Å². The SMILES string of the molecule is CCOC(=O)C[NH+]1C[C@@H](C)/C(=N\O)C[C@@H]1C. The number of piperidine rings is 1. The molecule has 1 aliphatic rings. The molecule has 0 aromatic carbocycles. The lowest BCUT2D eigenvalue weighted by atomic mass is 9.93. The molecule has 0 aromatic rings. The number of oxime groups is 1. The van der Waals surface area contributed by atoms with E-state index in [-0.39, 0.29) is 11.9 Å². The third kappa shape index (κ3) is 3.20. The Labute approximate surface area is 96.1 Å². The van der Waals surface area contributed by atoms with Crippen LogP contribution in [0, 0.1) is 5.92 Å². The number of esters is 1. The van der Waals surface area contributed by atoms with E-state index in [4.69, 9.17) is 9.94 Å². The van der Waals surface area contributed by atoms with Gasteiger partial charge in [0.05, 0.1) is 24.9 Å². The molecule has 1 aliphatic heterocycles. The molecule has 1 unspecified atom stereocenters. The van der Waals surface area contributed by atoms with E-state index in [1.54, 1.807) is 0 Å². The summed E-state index contributed by atoms with van der Waals surface area (Å²) < 4.78 is 4.94. The van der Waals surface area contributed by atoms with Crippen molar-refractivity contribution in [2.45, 2.75) is 33.2 Å². The molecular weight excluding hydrogens is 208 g/mol. The second-order valence-electron chi connectivity index (χ2n) is 4.44. The van der Waals surface area contributed by atoms with Crippen LogP contribution in [0.3, 0.4) is 0 Å². The van der Waals surface area contributed by atoms with Crippen LogP contribution in [-0.2, 0) is 9.53 Å². The van der Waals surface area contributed by atoms with Gasteiger partial charge in [-0.05, 0) is 13.8 Å². The van der Waals surface area contributed by atoms with Crippen molar-refractivity contribution in [3.05, 3.63) is 0 Å². The molecule has 1 saturated heterocycles. The van der Waals surface area contributed by atoms with Crippen LogP contribution in [0.4, 0.5) is 0 Å². The molecular formula is C11H21N2O3+. The van der Waals surface area contributed by atoms with Gasteiger partial charge in [0.25, 0.3) is 0 Å². The zero-order valence-corrected chi connectivity index (χ0v) is 10.2. The highest BCUT2D eigenvalue weighted by Gasteiger charge is 2.33. The van der Waals surface area contributed by atoms with Crippen molar-refractivity contribution in [3.8, 4) is 0 Å². The lowest BCUT2D eigenvalue weighted by Crippen LogP contribution is -3.18. The summed E-state index contributed by atoms with van der Waals surface area (Å²) in [6.45, 7) is 7.54. The number of hydrogen-bond donors (Lipinski definition) is 2. The van der Waals surface area contributed by atoms with Crippen LogP contribution in [0.5, 0.6) is 0 Å². The Morgan fingerprint density at radius 2 is 2.31 bits per heavy atom. The number of ether oxygens (including phenoxy) is 1. The van der Waals surface area contributed by atoms with Crippen LogP contribution in [0.2, 0.25) is 0 Å². The molecule has 5 nitrogen and oxygen atoms in total. The number of quaternary nitrogens is 1. The standard InChI is InChI=1S/C11H20N2O3/c1-4-16-11(14)7-13-6-8(2)10(12-15)5-9(13)3/h8-9,15H,4-7H2,1-3H3/p+1/b12-10-/t8-,9+/m1/s1. The Morgan fingerprint density at radius 3 is 2.88 bits per heavy atom. The van der Waals surface area contributed by atoms with Crippen LogP contribution >= 0.6 is 0 Å². The zero-order chi connectivity index (χ0) is 12.1. The maximum absolute atomic E-state index is 11.4. The van der Waals surface area contributed by atoms with Gasteiger partial charge in [-0.3, -0.25) is 0 Å². The topological polar surface area (TPSA) is 63.3 Å². The van der Waals surface area contributed by atoms with Gasteiger partial charge in [-0.2, -0.15) is 0 Å². The highest BCUT2D eigenvalue weighted by molar-refractivity contribution is 5.86. The smallest absolute Gasteiger partial charge is 0.361 e. The van der Waals surface area contributed by atoms with Gasteiger partial charge < -0.3 is 14.8 Å². The second-order valence-corrected chi connectivity index (χ2v) is 4.44. The van der Waals surface area contributed by atoms with Crippen LogP contribution in [0.1, 0.15) is 27.2 Å². The molecule has 3 atom stereocenters. The summed E-state index contributed by atoms with van der Waals surface area (Å²) in [7, 11) is 0. The minimum Gasteiger partial charge on any atom is -0.462 e. The van der Waals surface area contributed by atoms with Crippen LogP contribution < -0.4 is 4.90 Å². The molecule has 92 valence electrons. The van der Waals surface area contributed by atoms with E-state index in [0.29, 0.717) is 19.2 Å². The Bertz CT molecular complexity index is 278. The second kappa shape index (κ2) is 5.84. The minimum absolute atomic E-state index is 0.152.